The Morgan fingerprint density at radius 3 is 2.50 bits per heavy atom. The molecule has 0 fully saturated rings. The van der Waals surface area contributed by atoms with Gasteiger partial charge in [0.05, 0.1) is 27.3 Å². The van der Waals surface area contributed by atoms with Gasteiger partial charge in [-0.1, -0.05) is 37.0 Å². The maximum atomic E-state index is 5.99. The summed E-state index contributed by atoms with van der Waals surface area (Å²) in [5.41, 5.74) is 7.07. The van der Waals surface area contributed by atoms with Crippen molar-refractivity contribution >= 4 is 52.0 Å². The lowest BCUT2D eigenvalue weighted by Gasteiger charge is -2.13. The van der Waals surface area contributed by atoms with E-state index in [-0.39, 0.29) is 5.88 Å². The average molecular weight is 309 g/mol. The van der Waals surface area contributed by atoms with E-state index in [0.717, 1.165) is 12.2 Å². The van der Waals surface area contributed by atoms with Gasteiger partial charge in [-0.25, -0.2) is 4.99 Å². The van der Waals surface area contributed by atoms with Crippen LogP contribution in [0.1, 0.15) is 13.8 Å². The maximum Gasteiger partial charge on any atom is 0.115 e. The number of rotatable bonds is 5. The molecule has 0 radical (unpaired) electrons. The molecule has 0 aliphatic carbocycles. The van der Waals surface area contributed by atoms with E-state index in [4.69, 9.17) is 40.5 Å². The molecule has 0 aliphatic rings. The summed E-state index contributed by atoms with van der Waals surface area (Å²) in [5, 5.41) is 4.18. The number of benzene rings is 1. The molecule has 18 heavy (non-hydrogen) atoms. The molecular weight excluding hydrogens is 293 g/mol. The van der Waals surface area contributed by atoms with Crippen LogP contribution in [-0.2, 0) is 0 Å². The van der Waals surface area contributed by atoms with Crippen LogP contribution in [0.25, 0.3) is 0 Å². The van der Waals surface area contributed by atoms with Crippen molar-refractivity contribution < 1.29 is 0 Å². The number of nitrogens with one attached hydrogen (secondary N) is 1. The van der Waals surface area contributed by atoms with Crippen LogP contribution >= 0.6 is 34.8 Å². The van der Waals surface area contributed by atoms with Crippen LogP contribution in [-0.4, -0.2) is 18.3 Å². The van der Waals surface area contributed by atoms with Gasteiger partial charge < -0.3 is 11.1 Å². The van der Waals surface area contributed by atoms with Crippen molar-refractivity contribution in [2.75, 3.05) is 17.7 Å². The van der Waals surface area contributed by atoms with E-state index in [1.165, 1.54) is 0 Å². The Balaban J connectivity index is 3.08. The van der Waals surface area contributed by atoms with Crippen LogP contribution in [0.15, 0.2) is 17.1 Å². The molecule has 100 valence electrons. The first-order valence-electron chi connectivity index (χ1n) is 5.56. The van der Waals surface area contributed by atoms with Gasteiger partial charge in [-0.05, 0) is 18.1 Å². The summed E-state index contributed by atoms with van der Waals surface area (Å²) in [6.07, 6.45) is 0. The Morgan fingerprint density at radius 1 is 1.33 bits per heavy atom. The number of anilines is 1. The summed E-state index contributed by atoms with van der Waals surface area (Å²) >= 11 is 17.6. The fourth-order valence-corrected chi connectivity index (χ4v) is 1.65. The fourth-order valence-electron chi connectivity index (χ4n) is 1.27. The van der Waals surface area contributed by atoms with Crippen LogP contribution in [0.2, 0.25) is 10.0 Å². The van der Waals surface area contributed by atoms with Crippen molar-refractivity contribution in [3.05, 3.63) is 22.2 Å². The minimum Gasteiger partial charge on any atom is -0.386 e. The van der Waals surface area contributed by atoms with Crippen molar-refractivity contribution in [3.8, 4) is 0 Å². The summed E-state index contributed by atoms with van der Waals surface area (Å²) in [7, 11) is 0. The standard InChI is InChI=1S/C12H16Cl3N3/c1-7(2)6-17-10-3-8(14)9(15)4-11(10)18-12(16)5-13/h3-4,7,17H,5-6H2,1-2H3,(H2,16,18). The molecule has 0 unspecified atom stereocenters. The molecule has 0 amide bonds. The van der Waals surface area contributed by atoms with Crippen LogP contribution < -0.4 is 11.1 Å². The molecule has 0 spiro atoms. The second-order valence-electron chi connectivity index (χ2n) is 4.29. The Hall–Kier alpha value is -0.640. The Labute approximate surface area is 122 Å². The summed E-state index contributed by atoms with van der Waals surface area (Å²) in [5.74, 6) is 1.01. The molecule has 3 N–H and O–H groups in total. The Kier molecular flexibility index (Phi) is 6.06. The van der Waals surface area contributed by atoms with Crippen LogP contribution in [0.5, 0.6) is 0 Å². The minimum absolute atomic E-state index is 0.171. The van der Waals surface area contributed by atoms with Crippen molar-refractivity contribution in [2.24, 2.45) is 16.6 Å². The summed E-state index contributed by atoms with van der Waals surface area (Å²) in [4.78, 5) is 4.21. The van der Waals surface area contributed by atoms with E-state index < -0.39 is 0 Å². The molecule has 1 aromatic rings. The molecule has 1 aromatic carbocycles. The number of amidine groups is 1. The monoisotopic (exact) mass is 307 g/mol. The molecule has 0 aliphatic heterocycles. The normalized spacial score (nSPS) is 12.0. The summed E-state index contributed by atoms with van der Waals surface area (Å²) < 4.78 is 0. The predicted molar refractivity (Wildman–Crippen MR) is 81.8 cm³/mol. The number of aliphatic imine (C=N–C) groups is 1. The quantitative estimate of drug-likeness (QED) is 0.484. The lowest BCUT2D eigenvalue weighted by Crippen LogP contribution is -2.13. The number of hydrogen-bond donors (Lipinski definition) is 2. The summed E-state index contributed by atoms with van der Waals surface area (Å²) in [6.45, 7) is 5.03. The highest BCUT2D eigenvalue weighted by Gasteiger charge is 2.08. The Bertz CT molecular complexity index is 444. The van der Waals surface area contributed by atoms with Gasteiger partial charge in [-0.3, -0.25) is 0 Å². The third kappa shape index (κ3) is 4.56. The van der Waals surface area contributed by atoms with Crippen LogP contribution in [0.3, 0.4) is 0 Å². The van der Waals surface area contributed by atoms with Crippen LogP contribution in [0, 0.1) is 5.92 Å². The largest absolute Gasteiger partial charge is 0.386 e. The summed E-state index contributed by atoms with van der Waals surface area (Å²) in [6, 6.07) is 3.42. The molecule has 0 heterocycles. The van der Waals surface area contributed by atoms with Crippen LogP contribution in [0.4, 0.5) is 11.4 Å². The van der Waals surface area contributed by atoms with Gasteiger partial charge in [0.2, 0.25) is 0 Å². The molecule has 0 saturated heterocycles. The average Bonchev–Trinajstić information content (AvgIpc) is 2.31. The molecule has 0 aromatic heterocycles. The van der Waals surface area contributed by atoms with E-state index >= 15 is 0 Å². The number of alkyl halides is 1. The van der Waals surface area contributed by atoms with Gasteiger partial charge in [-0.2, -0.15) is 0 Å². The first kappa shape index (κ1) is 15.4. The zero-order chi connectivity index (χ0) is 13.7. The SMILES string of the molecule is CC(C)CNc1cc(Cl)c(Cl)cc1N=C(N)CCl. The predicted octanol–water partition coefficient (Wildman–Crippen LogP) is 4.29. The first-order chi connectivity index (χ1) is 8.43. The maximum absolute atomic E-state index is 5.99. The minimum atomic E-state index is 0.171. The van der Waals surface area contributed by atoms with Crippen molar-refractivity contribution in [1.29, 1.82) is 0 Å². The van der Waals surface area contributed by atoms with Gasteiger partial charge in [-0.15, -0.1) is 11.6 Å². The van der Waals surface area contributed by atoms with Gasteiger partial charge in [0.15, 0.2) is 0 Å². The van der Waals surface area contributed by atoms with E-state index in [0.29, 0.717) is 27.5 Å². The number of nitrogens with two attached hydrogens (primary N) is 1. The molecule has 0 bridgehead atoms. The third-order valence-electron chi connectivity index (χ3n) is 2.14. The zero-order valence-electron chi connectivity index (χ0n) is 10.3. The van der Waals surface area contributed by atoms with E-state index in [2.05, 4.69) is 24.2 Å². The lowest BCUT2D eigenvalue weighted by molar-refractivity contribution is 0.689. The number of halogens is 3. The first-order valence-corrected chi connectivity index (χ1v) is 6.85. The second-order valence-corrected chi connectivity index (χ2v) is 5.38. The smallest absolute Gasteiger partial charge is 0.115 e. The van der Waals surface area contributed by atoms with E-state index in [1.807, 2.05) is 0 Å². The highest BCUT2D eigenvalue weighted by atomic mass is 35.5. The van der Waals surface area contributed by atoms with Gasteiger partial charge >= 0.3 is 0 Å². The molecular formula is C12H16Cl3N3. The van der Waals surface area contributed by atoms with Gasteiger partial charge in [0.25, 0.3) is 0 Å². The zero-order valence-corrected chi connectivity index (χ0v) is 12.6. The molecule has 0 saturated carbocycles. The lowest BCUT2D eigenvalue weighted by atomic mass is 10.2. The van der Waals surface area contributed by atoms with E-state index in [1.54, 1.807) is 12.1 Å². The van der Waals surface area contributed by atoms with Gasteiger partial charge in [0.1, 0.15) is 5.84 Å². The third-order valence-corrected chi connectivity index (χ3v) is 3.14. The van der Waals surface area contributed by atoms with Gasteiger partial charge in [0, 0.05) is 6.54 Å². The highest BCUT2D eigenvalue weighted by Crippen LogP contribution is 2.34. The van der Waals surface area contributed by atoms with Crippen molar-refractivity contribution in [1.82, 2.24) is 0 Å². The van der Waals surface area contributed by atoms with E-state index in [9.17, 15) is 0 Å². The molecule has 6 heteroatoms. The second kappa shape index (κ2) is 7.07. The molecule has 3 nitrogen and oxygen atoms in total. The van der Waals surface area contributed by atoms with Crippen molar-refractivity contribution in [2.45, 2.75) is 13.8 Å². The Morgan fingerprint density at radius 2 is 1.94 bits per heavy atom. The molecule has 1 rings (SSSR count). The fraction of sp³-hybridized carbons (Fsp3) is 0.417. The van der Waals surface area contributed by atoms with Crippen molar-refractivity contribution in [3.63, 3.8) is 0 Å². The highest BCUT2D eigenvalue weighted by molar-refractivity contribution is 6.42. The number of hydrogen-bond acceptors (Lipinski definition) is 2. The molecule has 0 atom stereocenters. The topological polar surface area (TPSA) is 50.4 Å². The number of nitrogens with zero attached hydrogens (tertiary/aromatic N) is 1.